The first kappa shape index (κ1) is 13.7. The van der Waals surface area contributed by atoms with Crippen molar-refractivity contribution >= 4 is 33.3 Å². The van der Waals surface area contributed by atoms with E-state index in [0.717, 1.165) is 4.47 Å². The van der Waals surface area contributed by atoms with Gasteiger partial charge in [-0.05, 0) is 41.1 Å². The lowest BCUT2D eigenvalue weighted by Crippen LogP contribution is -2.12. The maximum Gasteiger partial charge on any atom is 0.224 e. The fraction of sp³-hybridized carbons (Fsp3) is 0.333. The van der Waals surface area contributed by atoms with Gasteiger partial charge in [0, 0.05) is 18.5 Å². The summed E-state index contributed by atoms with van der Waals surface area (Å²) in [6.45, 7) is 1.47. The molecule has 17 heavy (non-hydrogen) atoms. The van der Waals surface area contributed by atoms with Crippen LogP contribution in [0.3, 0.4) is 0 Å². The Bertz CT molecular complexity index is 432. The van der Waals surface area contributed by atoms with Gasteiger partial charge in [-0.3, -0.25) is 4.79 Å². The Morgan fingerprint density at radius 1 is 1.35 bits per heavy atom. The second-order valence-corrected chi connectivity index (χ2v) is 4.45. The largest absolute Gasteiger partial charge is 0.496 e. The number of rotatable bonds is 5. The lowest BCUT2D eigenvalue weighted by atomic mass is 10.2. The highest BCUT2D eigenvalue weighted by Gasteiger charge is 2.06. The highest BCUT2D eigenvalue weighted by molar-refractivity contribution is 9.10. The van der Waals surface area contributed by atoms with Gasteiger partial charge in [-0.1, -0.05) is 0 Å². The summed E-state index contributed by atoms with van der Waals surface area (Å²) in [7, 11) is 1.57. The molecule has 0 radical (unpaired) electrons. The summed E-state index contributed by atoms with van der Waals surface area (Å²) in [5.41, 5.74) is 0.672. The summed E-state index contributed by atoms with van der Waals surface area (Å²) in [6.07, 6.45) is 0.474. The Morgan fingerprint density at radius 3 is 2.59 bits per heavy atom. The van der Waals surface area contributed by atoms with E-state index < -0.39 is 0 Å². The van der Waals surface area contributed by atoms with Crippen LogP contribution < -0.4 is 10.1 Å². The van der Waals surface area contributed by atoms with Gasteiger partial charge in [-0.25, -0.2) is 0 Å². The second kappa shape index (κ2) is 6.39. The Hall–Kier alpha value is -1.36. The first-order valence-corrected chi connectivity index (χ1v) is 5.95. The number of benzene rings is 1. The molecule has 1 rings (SSSR count). The number of methoxy groups -OCH3 is 1. The number of amides is 1. The molecular formula is C12H14BrNO3. The fourth-order valence-electron chi connectivity index (χ4n) is 1.26. The van der Waals surface area contributed by atoms with Gasteiger partial charge in [-0.2, -0.15) is 0 Å². The monoisotopic (exact) mass is 299 g/mol. The number of carbonyl (C=O) groups excluding carboxylic acids is 2. The normalized spacial score (nSPS) is 9.82. The molecule has 0 fully saturated rings. The van der Waals surface area contributed by atoms with E-state index in [9.17, 15) is 9.59 Å². The van der Waals surface area contributed by atoms with Crippen molar-refractivity contribution in [2.75, 3.05) is 12.4 Å². The molecule has 1 aromatic carbocycles. The number of hydrogen-bond donors (Lipinski definition) is 1. The maximum absolute atomic E-state index is 11.5. The SMILES string of the molecule is COc1ccc(NC(=O)CCC(C)=O)cc1Br. The van der Waals surface area contributed by atoms with E-state index >= 15 is 0 Å². The van der Waals surface area contributed by atoms with Crippen LogP contribution in [0.25, 0.3) is 0 Å². The number of ketones is 1. The molecule has 1 aromatic rings. The summed E-state index contributed by atoms with van der Waals surface area (Å²) in [6, 6.07) is 5.25. The fourth-order valence-corrected chi connectivity index (χ4v) is 1.80. The zero-order chi connectivity index (χ0) is 12.8. The van der Waals surface area contributed by atoms with Crippen LogP contribution in [-0.2, 0) is 9.59 Å². The number of Topliss-reactive ketones (excluding diaryl/α,β-unsaturated/α-hetero) is 1. The van der Waals surface area contributed by atoms with Crippen molar-refractivity contribution in [2.45, 2.75) is 19.8 Å². The quantitative estimate of drug-likeness (QED) is 0.909. The number of nitrogens with one attached hydrogen (secondary N) is 1. The summed E-state index contributed by atoms with van der Waals surface area (Å²) in [4.78, 5) is 22.2. The molecule has 0 aliphatic carbocycles. The number of hydrogen-bond acceptors (Lipinski definition) is 3. The average molecular weight is 300 g/mol. The lowest BCUT2D eigenvalue weighted by Gasteiger charge is -2.07. The third-order valence-corrected chi connectivity index (χ3v) is 2.76. The maximum atomic E-state index is 11.5. The van der Waals surface area contributed by atoms with Crippen LogP contribution in [0.4, 0.5) is 5.69 Å². The minimum absolute atomic E-state index is 0.0102. The molecule has 1 N–H and O–H groups in total. The smallest absolute Gasteiger partial charge is 0.224 e. The first-order chi connectivity index (χ1) is 8.02. The Morgan fingerprint density at radius 2 is 2.06 bits per heavy atom. The second-order valence-electron chi connectivity index (χ2n) is 3.60. The van der Waals surface area contributed by atoms with Crippen molar-refractivity contribution in [3.8, 4) is 5.75 Å². The van der Waals surface area contributed by atoms with Crippen molar-refractivity contribution < 1.29 is 14.3 Å². The van der Waals surface area contributed by atoms with Crippen LogP contribution in [0, 0.1) is 0 Å². The predicted molar refractivity (Wildman–Crippen MR) is 69.2 cm³/mol. The highest BCUT2D eigenvalue weighted by atomic mass is 79.9. The third kappa shape index (κ3) is 4.56. The van der Waals surface area contributed by atoms with Gasteiger partial charge in [0.25, 0.3) is 0 Å². The van der Waals surface area contributed by atoms with Gasteiger partial charge in [0.2, 0.25) is 5.91 Å². The highest BCUT2D eigenvalue weighted by Crippen LogP contribution is 2.27. The van der Waals surface area contributed by atoms with Crippen molar-refractivity contribution in [2.24, 2.45) is 0 Å². The first-order valence-electron chi connectivity index (χ1n) is 5.15. The molecule has 0 heterocycles. The van der Waals surface area contributed by atoms with Crippen LogP contribution in [-0.4, -0.2) is 18.8 Å². The molecule has 5 heteroatoms. The zero-order valence-corrected chi connectivity index (χ0v) is 11.3. The van der Waals surface area contributed by atoms with Crippen LogP contribution in [0.1, 0.15) is 19.8 Å². The Balaban J connectivity index is 2.60. The van der Waals surface area contributed by atoms with Gasteiger partial charge < -0.3 is 14.8 Å². The van der Waals surface area contributed by atoms with E-state index in [2.05, 4.69) is 21.2 Å². The Labute approximate surface area is 108 Å². The van der Waals surface area contributed by atoms with Crippen LogP contribution in [0.5, 0.6) is 5.75 Å². The number of anilines is 1. The molecule has 0 unspecified atom stereocenters. The molecule has 1 amide bonds. The molecule has 0 aliphatic heterocycles. The van der Waals surface area contributed by atoms with E-state index in [4.69, 9.17) is 4.74 Å². The summed E-state index contributed by atoms with van der Waals surface area (Å²) < 4.78 is 5.85. The van der Waals surface area contributed by atoms with Gasteiger partial charge in [0.15, 0.2) is 0 Å². The van der Waals surface area contributed by atoms with E-state index in [1.807, 2.05) is 0 Å². The molecule has 0 bridgehead atoms. The van der Waals surface area contributed by atoms with Gasteiger partial charge >= 0.3 is 0 Å². The molecule has 92 valence electrons. The molecular weight excluding hydrogens is 286 g/mol. The van der Waals surface area contributed by atoms with Crippen LogP contribution in [0.2, 0.25) is 0 Å². The van der Waals surface area contributed by atoms with Crippen LogP contribution in [0.15, 0.2) is 22.7 Å². The van der Waals surface area contributed by atoms with Gasteiger partial charge in [0.05, 0.1) is 11.6 Å². The van der Waals surface area contributed by atoms with E-state index in [1.165, 1.54) is 6.92 Å². The molecule has 4 nitrogen and oxygen atoms in total. The van der Waals surface area contributed by atoms with Crippen LogP contribution >= 0.6 is 15.9 Å². The van der Waals surface area contributed by atoms with E-state index in [1.54, 1.807) is 25.3 Å². The number of ether oxygens (including phenoxy) is 1. The van der Waals surface area contributed by atoms with E-state index in [-0.39, 0.29) is 24.5 Å². The summed E-state index contributed by atoms with van der Waals surface area (Å²) >= 11 is 3.33. The van der Waals surface area contributed by atoms with Crippen molar-refractivity contribution in [1.82, 2.24) is 0 Å². The molecule has 0 aromatic heterocycles. The number of carbonyl (C=O) groups is 2. The predicted octanol–water partition coefficient (Wildman–Crippen LogP) is 2.77. The summed E-state index contributed by atoms with van der Waals surface area (Å²) in [5.74, 6) is 0.542. The van der Waals surface area contributed by atoms with E-state index in [0.29, 0.717) is 11.4 Å². The third-order valence-electron chi connectivity index (χ3n) is 2.14. The van der Waals surface area contributed by atoms with Crippen molar-refractivity contribution in [1.29, 1.82) is 0 Å². The molecule has 0 spiro atoms. The molecule has 0 saturated carbocycles. The van der Waals surface area contributed by atoms with Crippen molar-refractivity contribution in [3.05, 3.63) is 22.7 Å². The minimum Gasteiger partial charge on any atom is -0.496 e. The average Bonchev–Trinajstić information content (AvgIpc) is 2.26. The zero-order valence-electron chi connectivity index (χ0n) is 9.75. The molecule has 0 atom stereocenters. The lowest BCUT2D eigenvalue weighted by molar-refractivity contribution is -0.121. The van der Waals surface area contributed by atoms with Gasteiger partial charge in [-0.15, -0.1) is 0 Å². The topological polar surface area (TPSA) is 55.4 Å². The molecule has 0 saturated heterocycles. The standard InChI is InChI=1S/C12H14BrNO3/c1-8(15)3-6-12(16)14-9-4-5-11(17-2)10(13)7-9/h4-5,7H,3,6H2,1-2H3,(H,14,16). The van der Waals surface area contributed by atoms with Gasteiger partial charge in [0.1, 0.15) is 11.5 Å². The minimum atomic E-state index is -0.169. The Kier molecular flexibility index (Phi) is 5.15. The number of halogens is 1. The van der Waals surface area contributed by atoms with Crippen molar-refractivity contribution in [3.63, 3.8) is 0 Å². The summed E-state index contributed by atoms with van der Waals surface area (Å²) in [5, 5.41) is 2.71. The molecule has 0 aliphatic rings.